The molecule has 0 unspecified atom stereocenters. The molecule has 0 amide bonds. The van der Waals surface area contributed by atoms with Crippen molar-refractivity contribution in [3.05, 3.63) is 119 Å². The summed E-state index contributed by atoms with van der Waals surface area (Å²) in [5.41, 5.74) is 4.98. The SMILES string of the molecule is Cc1ccc(C(=O)[C@@H]2[C@H]3/C(=C\c4ccccc4)C=C[C@H]3ON2c2ccccc2)cc1. The Labute approximate surface area is 176 Å². The number of fused-ring (bicyclic) bond motifs is 1. The Morgan fingerprint density at radius 2 is 1.57 bits per heavy atom. The van der Waals surface area contributed by atoms with E-state index >= 15 is 0 Å². The van der Waals surface area contributed by atoms with E-state index < -0.39 is 6.04 Å². The van der Waals surface area contributed by atoms with Crippen molar-refractivity contribution in [3.8, 4) is 0 Å². The van der Waals surface area contributed by atoms with Crippen LogP contribution in [0.5, 0.6) is 0 Å². The summed E-state index contributed by atoms with van der Waals surface area (Å²) in [5, 5.41) is 1.81. The Kier molecular flexibility index (Phi) is 4.82. The molecule has 148 valence electrons. The number of carbonyl (C=O) groups excluding carboxylic acids is 1. The van der Waals surface area contributed by atoms with Gasteiger partial charge in [0.25, 0.3) is 0 Å². The Hall–Kier alpha value is -3.43. The molecule has 3 atom stereocenters. The average molecular weight is 393 g/mol. The van der Waals surface area contributed by atoms with Gasteiger partial charge in [-0.2, -0.15) is 0 Å². The van der Waals surface area contributed by atoms with Crippen LogP contribution in [-0.2, 0) is 4.84 Å². The third kappa shape index (κ3) is 3.38. The lowest BCUT2D eigenvalue weighted by molar-refractivity contribution is 0.0885. The molecule has 1 aliphatic heterocycles. The molecule has 3 heteroatoms. The van der Waals surface area contributed by atoms with Crippen LogP contribution in [0.25, 0.3) is 6.08 Å². The molecule has 1 fully saturated rings. The van der Waals surface area contributed by atoms with E-state index in [0.29, 0.717) is 5.56 Å². The van der Waals surface area contributed by atoms with Gasteiger partial charge in [0.05, 0.1) is 5.69 Å². The highest BCUT2D eigenvalue weighted by Gasteiger charge is 2.50. The summed E-state index contributed by atoms with van der Waals surface area (Å²) in [6, 6.07) is 27.5. The molecule has 1 aliphatic carbocycles. The number of allylic oxidation sites excluding steroid dienone is 1. The van der Waals surface area contributed by atoms with Gasteiger partial charge in [-0.1, -0.05) is 96.6 Å². The third-order valence-electron chi connectivity index (χ3n) is 5.79. The van der Waals surface area contributed by atoms with Gasteiger partial charge in [-0.05, 0) is 30.2 Å². The van der Waals surface area contributed by atoms with Gasteiger partial charge in [-0.3, -0.25) is 9.63 Å². The topological polar surface area (TPSA) is 29.5 Å². The zero-order chi connectivity index (χ0) is 20.5. The van der Waals surface area contributed by atoms with E-state index in [9.17, 15) is 4.79 Å². The Morgan fingerprint density at radius 1 is 0.900 bits per heavy atom. The summed E-state index contributed by atoms with van der Waals surface area (Å²) in [4.78, 5) is 20.0. The lowest BCUT2D eigenvalue weighted by Gasteiger charge is -2.26. The number of rotatable bonds is 4. The first-order chi connectivity index (χ1) is 14.7. The van der Waals surface area contributed by atoms with Crippen molar-refractivity contribution in [2.24, 2.45) is 5.92 Å². The largest absolute Gasteiger partial charge is 0.292 e. The van der Waals surface area contributed by atoms with E-state index in [0.717, 1.165) is 22.4 Å². The number of para-hydroxylation sites is 1. The molecule has 2 aliphatic rings. The van der Waals surface area contributed by atoms with Gasteiger partial charge in [0.1, 0.15) is 12.1 Å². The number of Topliss-reactive ketones (excluding diaryl/α,β-unsaturated/α-hetero) is 1. The Balaban J connectivity index is 1.57. The molecule has 3 nitrogen and oxygen atoms in total. The molecular formula is C27H23NO2. The number of hydroxylamine groups is 1. The summed E-state index contributed by atoms with van der Waals surface area (Å²) in [7, 11) is 0. The molecule has 30 heavy (non-hydrogen) atoms. The predicted molar refractivity (Wildman–Crippen MR) is 120 cm³/mol. The maximum Gasteiger partial charge on any atom is 0.188 e. The summed E-state index contributed by atoms with van der Waals surface area (Å²) in [6.07, 6.45) is 6.17. The van der Waals surface area contributed by atoms with Crippen molar-refractivity contribution in [1.29, 1.82) is 0 Å². The van der Waals surface area contributed by atoms with Crippen LogP contribution >= 0.6 is 0 Å². The van der Waals surface area contributed by atoms with E-state index in [4.69, 9.17) is 4.84 Å². The van der Waals surface area contributed by atoms with Gasteiger partial charge >= 0.3 is 0 Å². The molecule has 0 spiro atoms. The molecule has 5 rings (SSSR count). The van der Waals surface area contributed by atoms with Gasteiger partial charge in [0.15, 0.2) is 5.78 Å². The fourth-order valence-electron chi connectivity index (χ4n) is 4.27. The number of benzene rings is 3. The standard InChI is InChI=1S/C27H23NO2/c1-19-12-14-21(15-13-19)27(29)26-25-22(18-20-8-4-2-5-9-20)16-17-24(25)30-28(26)23-10-6-3-7-11-23/h2-18,24-26H,1H3/b22-18-/t24-,25+,26+/m1/s1. The van der Waals surface area contributed by atoms with Crippen LogP contribution < -0.4 is 5.06 Å². The number of ketones is 1. The maximum absolute atomic E-state index is 13.7. The van der Waals surface area contributed by atoms with Crippen molar-refractivity contribution in [2.75, 3.05) is 5.06 Å². The van der Waals surface area contributed by atoms with Crippen molar-refractivity contribution in [2.45, 2.75) is 19.1 Å². The second kappa shape index (κ2) is 7.77. The molecule has 1 saturated heterocycles. The van der Waals surface area contributed by atoms with Gasteiger partial charge in [0, 0.05) is 11.5 Å². The van der Waals surface area contributed by atoms with Crippen LogP contribution in [0.4, 0.5) is 5.69 Å². The predicted octanol–water partition coefficient (Wildman–Crippen LogP) is 5.64. The van der Waals surface area contributed by atoms with E-state index in [-0.39, 0.29) is 17.8 Å². The second-order valence-electron chi connectivity index (χ2n) is 7.85. The first kappa shape index (κ1) is 18.6. The Bertz CT molecular complexity index is 1100. The number of aryl methyl sites for hydroxylation is 1. The minimum absolute atomic E-state index is 0.0563. The fourth-order valence-corrected chi connectivity index (χ4v) is 4.27. The number of nitrogens with zero attached hydrogens (tertiary/aromatic N) is 1. The highest BCUT2D eigenvalue weighted by molar-refractivity contribution is 6.03. The summed E-state index contributed by atoms with van der Waals surface area (Å²) < 4.78 is 0. The molecule has 3 aromatic carbocycles. The smallest absolute Gasteiger partial charge is 0.188 e. The van der Waals surface area contributed by atoms with Crippen molar-refractivity contribution in [3.63, 3.8) is 0 Å². The molecule has 1 heterocycles. The van der Waals surface area contributed by atoms with Crippen molar-refractivity contribution < 1.29 is 9.63 Å². The van der Waals surface area contributed by atoms with Crippen LogP contribution in [0.15, 0.2) is 103 Å². The van der Waals surface area contributed by atoms with Crippen molar-refractivity contribution in [1.82, 2.24) is 0 Å². The van der Waals surface area contributed by atoms with Gasteiger partial charge < -0.3 is 0 Å². The lowest BCUT2D eigenvalue weighted by atomic mass is 9.86. The minimum Gasteiger partial charge on any atom is -0.292 e. The van der Waals surface area contributed by atoms with Gasteiger partial charge in [0.2, 0.25) is 0 Å². The van der Waals surface area contributed by atoms with Crippen LogP contribution in [0.1, 0.15) is 21.5 Å². The van der Waals surface area contributed by atoms with Crippen LogP contribution in [0, 0.1) is 12.8 Å². The molecule has 0 radical (unpaired) electrons. The highest BCUT2D eigenvalue weighted by Crippen LogP contribution is 2.43. The van der Waals surface area contributed by atoms with Crippen LogP contribution in [0.2, 0.25) is 0 Å². The first-order valence-electron chi connectivity index (χ1n) is 10.3. The summed E-state index contributed by atoms with van der Waals surface area (Å²) in [6.45, 7) is 2.03. The Morgan fingerprint density at radius 3 is 2.27 bits per heavy atom. The lowest BCUT2D eigenvalue weighted by Crippen LogP contribution is -2.40. The maximum atomic E-state index is 13.7. The number of carbonyl (C=O) groups is 1. The zero-order valence-corrected chi connectivity index (χ0v) is 16.8. The van der Waals surface area contributed by atoms with Crippen molar-refractivity contribution >= 4 is 17.5 Å². The second-order valence-corrected chi connectivity index (χ2v) is 7.85. The molecule has 0 aromatic heterocycles. The van der Waals surface area contributed by atoms with E-state index in [1.165, 1.54) is 0 Å². The quantitative estimate of drug-likeness (QED) is 0.538. The fraction of sp³-hybridized carbons (Fsp3) is 0.148. The third-order valence-corrected chi connectivity index (χ3v) is 5.79. The number of anilines is 1. The molecule has 3 aromatic rings. The monoisotopic (exact) mass is 393 g/mol. The van der Waals surface area contributed by atoms with Gasteiger partial charge in [-0.15, -0.1) is 0 Å². The van der Waals surface area contributed by atoms with Crippen LogP contribution in [-0.4, -0.2) is 17.9 Å². The number of hydrogen-bond donors (Lipinski definition) is 0. The molecule has 0 bridgehead atoms. The summed E-state index contributed by atoms with van der Waals surface area (Å²) in [5.74, 6) is 0.0215. The molecule has 0 N–H and O–H groups in total. The van der Waals surface area contributed by atoms with Gasteiger partial charge in [-0.25, -0.2) is 5.06 Å². The van der Waals surface area contributed by atoms with E-state index in [1.807, 2.05) is 79.7 Å². The first-order valence-corrected chi connectivity index (χ1v) is 10.3. The molecular weight excluding hydrogens is 370 g/mol. The number of hydrogen-bond acceptors (Lipinski definition) is 3. The highest BCUT2D eigenvalue weighted by atomic mass is 16.7. The minimum atomic E-state index is -0.426. The summed E-state index contributed by atoms with van der Waals surface area (Å²) >= 11 is 0. The van der Waals surface area contributed by atoms with E-state index in [1.54, 1.807) is 5.06 Å². The van der Waals surface area contributed by atoms with E-state index in [2.05, 4.69) is 30.4 Å². The molecule has 0 saturated carbocycles. The van der Waals surface area contributed by atoms with Crippen LogP contribution in [0.3, 0.4) is 0 Å². The normalized spacial score (nSPS) is 23.7. The zero-order valence-electron chi connectivity index (χ0n) is 16.8. The average Bonchev–Trinajstić information content (AvgIpc) is 3.35.